The molecule has 0 bridgehead atoms. The first kappa shape index (κ1) is 9.46. The van der Waals surface area contributed by atoms with E-state index in [9.17, 15) is 4.79 Å². The maximum absolute atomic E-state index is 11.9. The molecule has 1 fully saturated rings. The molecule has 1 saturated carbocycles. The first-order chi connectivity index (χ1) is 6.77. The van der Waals surface area contributed by atoms with Gasteiger partial charge in [0, 0.05) is 12.0 Å². The first-order valence-corrected chi connectivity index (χ1v) is 5.03. The molecule has 0 saturated heterocycles. The fourth-order valence-electron chi connectivity index (χ4n) is 1.96. The SMILES string of the molecule is NCC1(C(=O)Cc2ccco2)CCC1. The predicted molar refractivity (Wildman–Crippen MR) is 52.8 cm³/mol. The van der Waals surface area contributed by atoms with Crippen molar-refractivity contribution < 1.29 is 9.21 Å². The van der Waals surface area contributed by atoms with Crippen LogP contribution >= 0.6 is 0 Å². The number of ketones is 1. The second-order valence-corrected chi connectivity index (χ2v) is 4.02. The van der Waals surface area contributed by atoms with E-state index in [4.69, 9.17) is 10.2 Å². The number of carbonyl (C=O) groups is 1. The van der Waals surface area contributed by atoms with Gasteiger partial charge >= 0.3 is 0 Å². The molecule has 0 spiro atoms. The topological polar surface area (TPSA) is 56.2 Å². The fraction of sp³-hybridized carbons (Fsp3) is 0.545. The van der Waals surface area contributed by atoms with Gasteiger partial charge in [-0.15, -0.1) is 0 Å². The van der Waals surface area contributed by atoms with Crippen molar-refractivity contribution in [1.82, 2.24) is 0 Å². The molecule has 0 amide bonds. The highest BCUT2D eigenvalue weighted by Gasteiger charge is 2.42. The molecule has 3 nitrogen and oxygen atoms in total. The third-order valence-corrected chi connectivity index (χ3v) is 3.21. The Balaban J connectivity index is 2.01. The van der Waals surface area contributed by atoms with E-state index in [2.05, 4.69) is 0 Å². The summed E-state index contributed by atoms with van der Waals surface area (Å²) in [4.78, 5) is 11.9. The van der Waals surface area contributed by atoms with Crippen molar-refractivity contribution in [2.75, 3.05) is 6.54 Å². The summed E-state index contributed by atoms with van der Waals surface area (Å²) in [5.41, 5.74) is 5.42. The summed E-state index contributed by atoms with van der Waals surface area (Å²) in [5, 5.41) is 0. The highest BCUT2D eigenvalue weighted by Crippen LogP contribution is 2.41. The highest BCUT2D eigenvalue weighted by atomic mass is 16.3. The number of furan rings is 1. The number of hydrogen-bond donors (Lipinski definition) is 1. The van der Waals surface area contributed by atoms with Gasteiger partial charge in [0.15, 0.2) is 0 Å². The normalized spacial score (nSPS) is 18.9. The lowest BCUT2D eigenvalue weighted by molar-refractivity contribution is -0.132. The van der Waals surface area contributed by atoms with Gasteiger partial charge in [-0.25, -0.2) is 0 Å². The van der Waals surface area contributed by atoms with E-state index < -0.39 is 0 Å². The molecule has 0 aliphatic heterocycles. The van der Waals surface area contributed by atoms with Crippen LogP contribution in [-0.2, 0) is 11.2 Å². The van der Waals surface area contributed by atoms with E-state index in [1.807, 2.05) is 6.07 Å². The molecule has 1 aliphatic rings. The van der Waals surface area contributed by atoms with E-state index in [0.717, 1.165) is 25.0 Å². The number of nitrogens with two attached hydrogens (primary N) is 1. The second-order valence-electron chi connectivity index (χ2n) is 4.02. The van der Waals surface area contributed by atoms with Crippen molar-refractivity contribution in [1.29, 1.82) is 0 Å². The van der Waals surface area contributed by atoms with Crippen LogP contribution in [0.1, 0.15) is 25.0 Å². The quantitative estimate of drug-likeness (QED) is 0.788. The lowest BCUT2D eigenvalue weighted by atomic mass is 9.65. The molecular weight excluding hydrogens is 178 g/mol. The monoisotopic (exact) mass is 193 g/mol. The van der Waals surface area contributed by atoms with Crippen LogP contribution in [0.5, 0.6) is 0 Å². The summed E-state index contributed by atoms with van der Waals surface area (Å²) >= 11 is 0. The van der Waals surface area contributed by atoms with Gasteiger partial charge in [-0.2, -0.15) is 0 Å². The van der Waals surface area contributed by atoms with Crippen LogP contribution in [-0.4, -0.2) is 12.3 Å². The van der Waals surface area contributed by atoms with Crippen LogP contribution in [0, 0.1) is 5.41 Å². The van der Waals surface area contributed by atoms with Gasteiger partial charge in [-0.05, 0) is 25.0 Å². The van der Waals surface area contributed by atoms with Crippen LogP contribution in [0.15, 0.2) is 22.8 Å². The summed E-state index contributed by atoms with van der Waals surface area (Å²) < 4.78 is 5.15. The minimum Gasteiger partial charge on any atom is -0.469 e. The van der Waals surface area contributed by atoms with Crippen molar-refractivity contribution >= 4 is 5.78 Å². The van der Waals surface area contributed by atoms with E-state index >= 15 is 0 Å². The highest BCUT2D eigenvalue weighted by molar-refractivity contribution is 5.87. The first-order valence-electron chi connectivity index (χ1n) is 5.03. The Hall–Kier alpha value is -1.09. The Morgan fingerprint density at radius 2 is 2.36 bits per heavy atom. The fourth-order valence-corrected chi connectivity index (χ4v) is 1.96. The van der Waals surface area contributed by atoms with Crippen LogP contribution < -0.4 is 5.73 Å². The summed E-state index contributed by atoms with van der Waals surface area (Å²) in [7, 11) is 0. The largest absolute Gasteiger partial charge is 0.469 e. The average Bonchev–Trinajstić information content (AvgIpc) is 2.55. The van der Waals surface area contributed by atoms with Gasteiger partial charge < -0.3 is 10.2 Å². The predicted octanol–water partition coefficient (Wildman–Crippen LogP) is 1.52. The zero-order valence-corrected chi connectivity index (χ0v) is 8.16. The van der Waals surface area contributed by atoms with Crippen molar-refractivity contribution in [3.05, 3.63) is 24.2 Å². The molecule has 0 aromatic carbocycles. The van der Waals surface area contributed by atoms with E-state index in [1.54, 1.807) is 12.3 Å². The van der Waals surface area contributed by atoms with Gasteiger partial charge in [0.05, 0.1) is 12.7 Å². The third-order valence-electron chi connectivity index (χ3n) is 3.21. The molecule has 2 N–H and O–H groups in total. The summed E-state index contributed by atoms with van der Waals surface area (Å²) in [6.07, 6.45) is 5.01. The van der Waals surface area contributed by atoms with E-state index in [0.29, 0.717) is 13.0 Å². The molecule has 1 aliphatic carbocycles. The van der Waals surface area contributed by atoms with Crippen LogP contribution in [0.3, 0.4) is 0 Å². The van der Waals surface area contributed by atoms with Crippen molar-refractivity contribution in [2.45, 2.75) is 25.7 Å². The van der Waals surface area contributed by atoms with Gasteiger partial charge in [-0.1, -0.05) is 6.42 Å². The molecule has 1 aromatic rings. The number of hydrogen-bond acceptors (Lipinski definition) is 3. The molecule has 76 valence electrons. The molecule has 14 heavy (non-hydrogen) atoms. The van der Waals surface area contributed by atoms with E-state index in [-0.39, 0.29) is 11.2 Å². The van der Waals surface area contributed by atoms with Gasteiger partial charge in [-0.3, -0.25) is 4.79 Å². The third kappa shape index (κ3) is 1.48. The molecular formula is C11H15NO2. The Morgan fingerprint density at radius 1 is 1.57 bits per heavy atom. The number of Topliss-reactive ketones (excluding diaryl/α,β-unsaturated/α-hetero) is 1. The summed E-state index contributed by atoms with van der Waals surface area (Å²) in [6, 6.07) is 3.64. The number of rotatable bonds is 4. The Bertz CT molecular complexity index is 307. The Labute approximate surface area is 83.3 Å². The molecule has 0 radical (unpaired) electrons. The lowest BCUT2D eigenvalue weighted by Gasteiger charge is -2.39. The lowest BCUT2D eigenvalue weighted by Crippen LogP contribution is -2.45. The maximum Gasteiger partial charge on any atom is 0.147 e. The molecule has 0 atom stereocenters. The molecule has 3 heteroatoms. The summed E-state index contributed by atoms with van der Waals surface area (Å²) in [5.74, 6) is 0.982. The van der Waals surface area contributed by atoms with Crippen molar-refractivity contribution in [2.24, 2.45) is 11.1 Å². The van der Waals surface area contributed by atoms with Crippen LogP contribution in [0.4, 0.5) is 0 Å². The smallest absolute Gasteiger partial charge is 0.147 e. The zero-order chi connectivity index (χ0) is 10.0. The Kier molecular flexibility index (Phi) is 2.42. The van der Waals surface area contributed by atoms with Crippen molar-refractivity contribution in [3.63, 3.8) is 0 Å². The zero-order valence-electron chi connectivity index (χ0n) is 8.16. The molecule has 1 aromatic heterocycles. The molecule has 2 rings (SSSR count). The van der Waals surface area contributed by atoms with E-state index in [1.165, 1.54) is 0 Å². The molecule has 0 unspecified atom stereocenters. The summed E-state index contributed by atoms with van der Waals surface area (Å²) in [6.45, 7) is 0.479. The minimum atomic E-state index is -0.229. The molecule has 1 heterocycles. The standard InChI is InChI=1S/C11H15NO2/c12-8-11(4-2-5-11)10(13)7-9-3-1-6-14-9/h1,3,6H,2,4-5,7-8,12H2. The van der Waals surface area contributed by atoms with Crippen LogP contribution in [0.25, 0.3) is 0 Å². The minimum absolute atomic E-state index is 0.229. The maximum atomic E-state index is 11.9. The van der Waals surface area contributed by atoms with Crippen molar-refractivity contribution in [3.8, 4) is 0 Å². The second kappa shape index (κ2) is 3.58. The van der Waals surface area contributed by atoms with Gasteiger partial charge in [0.1, 0.15) is 11.5 Å². The average molecular weight is 193 g/mol. The van der Waals surface area contributed by atoms with Gasteiger partial charge in [0.2, 0.25) is 0 Å². The Morgan fingerprint density at radius 3 is 2.79 bits per heavy atom. The number of carbonyl (C=O) groups excluding carboxylic acids is 1. The van der Waals surface area contributed by atoms with Gasteiger partial charge in [0.25, 0.3) is 0 Å². The van der Waals surface area contributed by atoms with Crippen LogP contribution in [0.2, 0.25) is 0 Å².